The number of carboxylic acids is 1. The molecular weight excluding hydrogens is 1420 g/mol. The topological polar surface area (TPSA) is 626 Å². The molecule has 22 N–H and O–H groups in total. The molecule has 4 aliphatic carbocycles. The highest BCUT2D eigenvalue weighted by Gasteiger charge is 2.59. The molecule has 0 aromatic rings. The second-order valence-electron chi connectivity index (χ2n) is 29.1. The van der Waals surface area contributed by atoms with Crippen LogP contribution in [-0.2, 0) is 80.8 Å². The van der Waals surface area contributed by atoms with Crippen LogP contribution in [-0.4, -0.2) is 383 Å². The highest BCUT2D eigenvalue weighted by atomic mass is 16.8. The standard InChI is InChI=1S/C66H102O39/c67-19-36-46(77)51(82)56(87)62(101-36)95-28-7-1-24(2-8-28)5-11-42(73)92-21-38-48(79)53(84)57(88)63(103-38)96-29-9-3-25(4-10-29)6-12-43(74)93-22-39-49(80)54(85)59(90)65(104-39)99-34-14-26(13-33(45(34)76)98-64-58(89)52(83)47(78)37(20-68)102-64)61-35(17-30-31(70)15-27(69)16-32(30)97-61)100-66-60(91)55(86)50(81)40(105-66)23-94-44(75)18-41(71)72/h5-6,11-12,24-40,45-70,76-91H,1-4,7-10,13-23H2,(H,71,72)/p+1. The normalized spacial score (nSPS) is 47.9. The average Bonchev–Trinajstić information content (AvgIpc) is 0.764. The van der Waals surface area contributed by atoms with E-state index in [-0.39, 0.29) is 50.0 Å². The van der Waals surface area contributed by atoms with Crippen molar-refractivity contribution in [3.63, 3.8) is 0 Å². The van der Waals surface area contributed by atoms with Crippen LogP contribution in [0.1, 0.15) is 89.9 Å². The summed E-state index contributed by atoms with van der Waals surface area (Å²) in [4.78, 5) is 49.4. The van der Waals surface area contributed by atoms with Crippen LogP contribution < -0.4 is 0 Å². The Bertz CT molecular complexity index is 2820. The van der Waals surface area contributed by atoms with Crippen molar-refractivity contribution in [2.45, 2.75) is 304 Å². The van der Waals surface area contributed by atoms with E-state index in [1.807, 2.05) is 0 Å². The van der Waals surface area contributed by atoms with Gasteiger partial charge in [-0.15, -0.1) is 0 Å². The zero-order valence-corrected chi connectivity index (χ0v) is 57.0. The smallest absolute Gasteiger partial charge is 0.330 e. The molecule has 39 nitrogen and oxygen atoms in total. The third-order valence-electron chi connectivity index (χ3n) is 21.8. The number of allylic oxidation sites excluding steroid dienone is 2. The molecule has 0 aromatic heterocycles. The first-order chi connectivity index (χ1) is 49.9. The summed E-state index contributed by atoms with van der Waals surface area (Å²) >= 11 is 0. The van der Waals surface area contributed by atoms with Gasteiger partial charge in [-0.05, 0) is 82.5 Å². The van der Waals surface area contributed by atoms with Gasteiger partial charge in [0, 0.05) is 30.9 Å². The van der Waals surface area contributed by atoms with Crippen molar-refractivity contribution in [2.24, 2.45) is 23.7 Å². The lowest BCUT2D eigenvalue weighted by atomic mass is 9.72. The molecule has 6 saturated heterocycles. The molecular formula is C66H103O39+. The summed E-state index contributed by atoms with van der Waals surface area (Å²) in [5.41, 5.74) is 0. The Balaban J connectivity index is 0.730. The quantitative estimate of drug-likeness (QED) is 0.0133. The lowest BCUT2D eigenvalue weighted by Crippen LogP contribution is -2.65. The number of hydrogen-bond acceptors (Lipinski definition) is 37. The van der Waals surface area contributed by atoms with E-state index in [0.29, 0.717) is 51.4 Å². The first-order valence-electron chi connectivity index (χ1n) is 35.7. The monoisotopic (exact) mass is 1520 g/mol. The first kappa shape index (κ1) is 83.6. The van der Waals surface area contributed by atoms with Gasteiger partial charge in [-0.2, -0.15) is 0 Å². The van der Waals surface area contributed by atoms with E-state index in [1.165, 1.54) is 6.08 Å². The fourth-order valence-corrected chi connectivity index (χ4v) is 15.6. The molecule has 0 aromatic carbocycles. The summed E-state index contributed by atoms with van der Waals surface area (Å²) < 4.78 is 80.2. The van der Waals surface area contributed by atoms with Crippen LogP contribution in [0.3, 0.4) is 0 Å². The summed E-state index contributed by atoms with van der Waals surface area (Å²) in [6.45, 7) is -3.56. The molecule has 0 bridgehead atoms. The Kier molecular flexibility index (Phi) is 29.8. The predicted octanol–water partition coefficient (Wildman–Crippen LogP) is -9.90. The van der Waals surface area contributed by atoms with E-state index in [2.05, 4.69) is 0 Å². The minimum atomic E-state index is -2.08. The molecule has 600 valence electrons. The van der Waals surface area contributed by atoms with Crippen molar-refractivity contribution in [1.29, 1.82) is 0 Å². The molecule has 6 aliphatic heterocycles. The van der Waals surface area contributed by atoms with Crippen LogP contribution in [0.15, 0.2) is 24.3 Å². The Morgan fingerprint density at radius 3 is 1.11 bits per heavy atom. The summed E-state index contributed by atoms with van der Waals surface area (Å²) in [5, 5.41) is 225. The molecule has 35 unspecified atom stereocenters. The van der Waals surface area contributed by atoms with E-state index >= 15 is 0 Å². The van der Waals surface area contributed by atoms with Crippen LogP contribution >= 0.6 is 0 Å². The summed E-state index contributed by atoms with van der Waals surface area (Å²) in [6, 6.07) is 0. The molecule has 10 rings (SSSR count). The van der Waals surface area contributed by atoms with Gasteiger partial charge in [0.2, 0.25) is 0 Å². The van der Waals surface area contributed by atoms with Crippen molar-refractivity contribution in [1.82, 2.24) is 0 Å². The molecule has 10 aliphatic rings. The summed E-state index contributed by atoms with van der Waals surface area (Å²) in [7, 11) is 0. The number of aliphatic hydroxyl groups excluding tert-OH is 20. The third-order valence-corrected chi connectivity index (χ3v) is 21.8. The highest BCUT2D eigenvalue weighted by molar-refractivity contribution is 5.90. The molecule has 0 spiro atoms. The van der Waals surface area contributed by atoms with Crippen LogP contribution in [0.4, 0.5) is 0 Å². The molecule has 4 saturated carbocycles. The van der Waals surface area contributed by atoms with Crippen molar-refractivity contribution in [3.8, 4) is 0 Å². The number of aliphatic hydroxyl groups is 22. The van der Waals surface area contributed by atoms with Crippen molar-refractivity contribution in [2.75, 3.05) is 33.0 Å². The van der Waals surface area contributed by atoms with E-state index in [1.54, 1.807) is 12.2 Å². The van der Waals surface area contributed by atoms with E-state index in [4.69, 9.17) is 71.4 Å². The van der Waals surface area contributed by atoms with Crippen molar-refractivity contribution < 1.29 is 193 Å². The summed E-state index contributed by atoms with van der Waals surface area (Å²) in [6.07, 6.45) is -46.9. The van der Waals surface area contributed by atoms with Gasteiger partial charge in [-0.3, -0.25) is 9.59 Å². The lowest BCUT2D eigenvalue weighted by molar-refractivity contribution is -0.365. The minimum absolute atomic E-state index is 0.0361. The van der Waals surface area contributed by atoms with Crippen LogP contribution in [0.25, 0.3) is 0 Å². The number of esters is 3. The first-order valence-corrected chi connectivity index (χ1v) is 35.7. The number of carboxylic acid groups (broad SMARTS) is 1. The SMILES string of the molecule is O=C(O)CC(=O)OCC1OC(OC2CC3C(O)CC(O)CC3[OH+]C2C2CC(OC3OC(CO)C(O)C(O)C3O)C(O)C(OC3OC(COC(=O)C=CC4CCC(OC5OC(COC(=O)C=CC6CCC(OC7OC(CO)C(O)C(O)C7O)CC6)C(O)C(O)C5O)CC4)C(O)C(O)C3O)C2)C(O)C(O)C1O. The number of carbonyl (C=O) groups excluding carboxylic acids is 3. The summed E-state index contributed by atoms with van der Waals surface area (Å²) in [5.74, 6) is -6.46. The van der Waals surface area contributed by atoms with Gasteiger partial charge >= 0.3 is 23.9 Å². The highest BCUT2D eigenvalue weighted by Crippen LogP contribution is 2.45. The molecule has 39 heteroatoms. The second kappa shape index (κ2) is 37.4. The molecule has 0 amide bonds. The zero-order chi connectivity index (χ0) is 76.0. The minimum Gasteiger partial charge on any atom is -0.481 e. The lowest BCUT2D eigenvalue weighted by Gasteiger charge is -2.50. The molecule has 0 radical (unpaired) electrons. The van der Waals surface area contributed by atoms with Gasteiger partial charge in [-0.1, -0.05) is 12.2 Å². The largest absolute Gasteiger partial charge is 0.481 e. The Hall–Kier alpha value is -3.88. The number of carbonyl (C=O) groups is 4. The Morgan fingerprint density at radius 1 is 0.381 bits per heavy atom. The van der Waals surface area contributed by atoms with Gasteiger partial charge in [0.05, 0.1) is 55.8 Å². The number of rotatable bonds is 25. The Labute approximate surface area is 600 Å². The van der Waals surface area contributed by atoms with E-state index < -0.39 is 284 Å². The molecule has 10 fully saturated rings. The van der Waals surface area contributed by atoms with Gasteiger partial charge in [0.15, 0.2) is 43.7 Å². The van der Waals surface area contributed by atoms with Crippen LogP contribution in [0.2, 0.25) is 0 Å². The van der Waals surface area contributed by atoms with Crippen LogP contribution in [0, 0.1) is 23.7 Å². The molecule has 6 heterocycles. The van der Waals surface area contributed by atoms with Gasteiger partial charge < -0.3 is 174 Å². The van der Waals surface area contributed by atoms with E-state index in [0.717, 1.165) is 6.08 Å². The van der Waals surface area contributed by atoms with Crippen molar-refractivity contribution >= 4 is 23.9 Å². The third kappa shape index (κ3) is 20.4. The van der Waals surface area contributed by atoms with Crippen molar-refractivity contribution in [3.05, 3.63) is 24.3 Å². The predicted molar refractivity (Wildman–Crippen MR) is 337 cm³/mol. The van der Waals surface area contributed by atoms with Gasteiger partial charge in [-0.25, -0.2) is 9.59 Å². The van der Waals surface area contributed by atoms with Crippen LogP contribution in [0.5, 0.6) is 0 Å². The number of ether oxygens (including phenoxy) is 14. The fraction of sp³-hybridized carbons (Fsp3) is 0.879. The Morgan fingerprint density at radius 2 is 0.733 bits per heavy atom. The molecule has 105 heavy (non-hydrogen) atoms. The average molecular weight is 1520 g/mol. The fourth-order valence-electron chi connectivity index (χ4n) is 15.6. The zero-order valence-electron chi connectivity index (χ0n) is 57.0. The maximum Gasteiger partial charge on any atom is 0.330 e. The maximum absolute atomic E-state index is 13.3. The molecule has 35 atom stereocenters. The maximum atomic E-state index is 13.3. The number of aliphatic carboxylic acids is 1. The number of hydrogen-bond donors (Lipinski definition) is 21. The van der Waals surface area contributed by atoms with Gasteiger partial charge in [0.1, 0.15) is 161 Å². The second-order valence-corrected chi connectivity index (χ2v) is 29.1. The van der Waals surface area contributed by atoms with Gasteiger partial charge in [0.25, 0.3) is 0 Å². The number of fused-ring (bicyclic) bond motifs is 1. The van der Waals surface area contributed by atoms with E-state index in [9.17, 15) is 121 Å².